The van der Waals surface area contributed by atoms with Crippen LogP contribution in [0, 0.1) is 6.92 Å². The molecule has 0 saturated heterocycles. The van der Waals surface area contributed by atoms with E-state index < -0.39 is 5.91 Å². The zero-order valence-corrected chi connectivity index (χ0v) is 14.2. The summed E-state index contributed by atoms with van der Waals surface area (Å²) < 4.78 is 0. The first-order valence-corrected chi connectivity index (χ1v) is 8.16. The molecule has 1 heterocycles. The van der Waals surface area contributed by atoms with E-state index in [2.05, 4.69) is 10.6 Å². The predicted octanol–water partition coefficient (Wildman–Crippen LogP) is 2.72. The van der Waals surface area contributed by atoms with Crippen LogP contribution in [0.15, 0.2) is 0 Å². The highest BCUT2D eigenvalue weighted by Crippen LogP contribution is 2.33. The number of thiocarbonyl (C=S) groups is 1. The Morgan fingerprint density at radius 3 is 2.52 bits per heavy atom. The number of carbonyl (C=O) groups is 2. The van der Waals surface area contributed by atoms with Crippen molar-refractivity contribution in [3.05, 3.63) is 16.0 Å². The van der Waals surface area contributed by atoms with Gasteiger partial charge in [-0.1, -0.05) is 20.3 Å². The summed E-state index contributed by atoms with van der Waals surface area (Å²) in [5, 5.41) is 6.32. The minimum absolute atomic E-state index is 0.126. The lowest BCUT2D eigenvalue weighted by molar-refractivity contribution is -0.119. The largest absolute Gasteiger partial charge is 0.365 e. The van der Waals surface area contributed by atoms with E-state index in [0.29, 0.717) is 17.0 Å². The van der Waals surface area contributed by atoms with E-state index in [9.17, 15) is 9.59 Å². The van der Waals surface area contributed by atoms with Crippen LogP contribution in [-0.4, -0.2) is 16.9 Å². The molecule has 0 spiro atoms. The number of thiophene rings is 1. The third-order valence-electron chi connectivity index (χ3n) is 3.05. The van der Waals surface area contributed by atoms with Gasteiger partial charge in [-0.3, -0.25) is 9.59 Å². The van der Waals surface area contributed by atoms with Crippen LogP contribution in [0.5, 0.6) is 0 Å². The van der Waals surface area contributed by atoms with Gasteiger partial charge in [0.2, 0.25) is 5.91 Å². The van der Waals surface area contributed by atoms with Crippen LogP contribution in [0.4, 0.5) is 5.00 Å². The van der Waals surface area contributed by atoms with E-state index in [0.717, 1.165) is 29.7 Å². The minimum Gasteiger partial charge on any atom is -0.365 e. The van der Waals surface area contributed by atoms with Crippen LogP contribution in [0.2, 0.25) is 0 Å². The van der Waals surface area contributed by atoms with E-state index in [4.69, 9.17) is 18.0 Å². The number of nitrogens with one attached hydrogen (secondary N) is 2. The van der Waals surface area contributed by atoms with Gasteiger partial charge in [-0.2, -0.15) is 0 Å². The molecule has 116 valence electrons. The maximum Gasteiger partial charge on any atom is 0.251 e. The molecule has 0 atom stereocenters. The molecule has 1 rings (SSSR count). The number of hydrogen-bond donors (Lipinski definition) is 3. The number of primary amides is 1. The summed E-state index contributed by atoms with van der Waals surface area (Å²) in [6.45, 7) is 5.92. The van der Waals surface area contributed by atoms with Gasteiger partial charge in [0.15, 0.2) is 5.11 Å². The highest BCUT2D eigenvalue weighted by Gasteiger charge is 2.19. The first-order valence-electron chi connectivity index (χ1n) is 6.93. The lowest BCUT2D eigenvalue weighted by atomic mass is 10.1. The average Bonchev–Trinajstić information content (AvgIpc) is 2.71. The highest BCUT2D eigenvalue weighted by molar-refractivity contribution is 7.80. The maximum atomic E-state index is 11.6. The summed E-state index contributed by atoms with van der Waals surface area (Å²) >= 11 is 6.53. The second-order valence-electron chi connectivity index (χ2n) is 4.66. The molecule has 0 unspecified atom stereocenters. The van der Waals surface area contributed by atoms with Gasteiger partial charge in [-0.05, 0) is 37.5 Å². The smallest absolute Gasteiger partial charge is 0.251 e. The molecule has 1 aromatic heterocycles. The Labute approximate surface area is 134 Å². The molecule has 4 N–H and O–H groups in total. The van der Waals surface area contributed by atoms with Crippen LogP contribution >= 0.6 is 23.6 Å². The molecule has 0 radical (unpaired) electrons. The lowest BCUT2D eigenvalue weighted by Crippen LogP contribution is -2.34. The van der Waals surface area contributed by atoms with Crippen molar-refractivity contribution in [2.45, 2.75) is 46.5 Å². The van der Waals surface area contributed by atoms with Gasteiger partial charge >= 0.3 is 0 Å². The molecular formula is C14H21N3O2S2. The Bertz CT molecular complexity index is 553. The van der Waals surface area contributed by atoms with Crippen molar-refractivity contribution in [1.82, 2.24) is 5.32 Å². The number of carbonyl (C=O) groups excluding carboxylic acids is 2. The molecule has 0 aromatic carbocycles. The van der Waals surface area contributed by atoms with E-state index in [1.807, 2.05) is 20.8 Å². The average molecular weight is 327 g/mol. The lowest BCUT2D eigenvalue weighted by Gasteiger charge is -2.09. The fourth-order valence-corrected chi connectivity index (χ4v) is 3.45. The molecule has 0 bridgehead atoms. The normalized spacial score (nSPS) is 10.2. The van der Waals surface area contributed by atoms with Crippen LogP contribution in [0.25, 0.3) is 0 Å². The molecule has 7 heteroatoms. The van der Waals surface area contributed by atoms with Gasteiger partial charge in [0.25, 0.3) is 5.91 Å². The summed E-state index contributed by atoms with van der Waals surface area (Å²) in [5.74, 6) is -0.613. The zero-order chi connectivity index (χ0) is 16.0. The molecule has 0 saturated carbocycles. The molecule has 0 aliphatic rings. The van der Waals surface area contributed by atoms with Gasteiger partial charge < -0.3 is 16.4 Å². The summed E-state index contributed by atoms with van der Waals surface area (Å²) in [4.78, 5) is 24.3. The quantitative estimate of drug-likeness (QED) is 0.701. The summed E-state index contributed by atoms with van der Waals surface area (Å²) in [6, 6.07) is 0. The monoisotopic (exact) mass is 327 g/mol. The van der Waals surface area contributed by atoms with Crippen molar-refractivity contribution in [1.29, 1.82) is 0 Å². The minimum atomic E-state index is -0.487. The molecule has 21 heavy (non-hydrogen) atoms. The number of amides is 2. The fraction of sp³-hybridized carbons (Fsp3) is 0.500. The summed E-state index contributed by atoms with van der Waals surface area (Å²) in [5.41, 5.74) is 6.83. The standard InChI is InChI=1S/C14H21N3O2S2/c1-4-6-7-10(18)16-14(20)17-13-11(12(15)19)9(5-2)8(3)21-13/h4-7H2,1-3H3,(H2,15,19)(H2,16,17,18,20). The molecule has 1 aromatic rings. The Balaban J connectivity index is 2.81. The number of hydrogen-bond acceptors (Lipinski definition) is 4. The molecule has 0 aliphatic carbocycles. The van der Waals surface area contributed by atoms with Gasteiger partial charge in [0.05, 0.1) is 5.56 Å². The Hall–Kier alpha value is -1.47. The Morgan fingerprint density at radius 1 is 1.33 bits per heavy atom. The molecule has 2 amide bonds. The SMILES string of the molecule is CCCCC(=O)NC(=S)Nc1sc(C)c(CC)c1C(N)=O. The van der Waals surface area contributed by atoms with Crippen LogP contribution in [-0.2, 0) is 11.2 Å². The van der Waals surface area contributed by atoms with Crippen molar-refractivity contribution in [2.24, 2.45) is 5.73 Å². The first-order chi connectivity index (χ1) is 9.90. The molecule has 5 nitrogen and oxygen atoms in total. The predicted molar refractivity (Wildman–Crippen MR) is 90.8 cm³/mol. The van der Waals surface area contributed by atoms with Crippen molar-refractivity contribution in [3.63, 3.8) is 0 Å². The number of unbranched alkanes of at least 4 members (excludes halogenated alkanes) is 1. The van der Waals surface area contributed by atoms with Crippen LogP contribution in [0.3, 0.4) is 0 Å². The van der Waals surface area contributed by atoms with Gasteiger partial charge in [0.1, 0.15) is 5.00 Å². The molecule has 0 fully saturated rings. The van der Waals surface area contributed by atoms with E-state index in [-0.39, 0.29) is 11.0 Å². The van der Waals surface area contributed by atoms with Gasteiger partial charge in [-0.15, -0.1) is 11.3 Å². The van der Waals surface area contributed by atoms with Gasteiger partial charge in [0, 0.05) is 11.3 Å². The second-order valence-corrected chi connectivity index (χ2v) is 6.30. The van der Waals surface area contributed by atoms with Crippen molar-refractivity contribution >= 4 is 45.5 Å². The van der Waals surface area contributed by atoms with E-state index >= 15 is 0 Å². The summed E-state index contributed by atoms with van der Waals surface area (Å²) in [6.07, 6.45) is 2.92. The van der Waals surface area contributed by atoms with Crippen molar-refractivity contribution < 1.29 is 9.59 Å². The van der Waals surface area contributed by atoms with E-state index in [1.54, 1.807) is 0 Å². The van der Waals surface area contributed by atoms with Crippen molar-refractivity contribution in [3.8, 4) is 0 Å². The van der Waals surface area contributed by atoms with E-state index in [1.165, 1.54) is 11.3 Å². The second kappa shape index (κ2) is 8.09. The Kier molecular flexibility index (Phi) is 6.77. The van der Waals surface area contributed by atoms with Crippen LogP contribution in [0.1, 0.15) is 53.9 Å². The topological polar surface area (TPSA) is 84.2 Å². The summed E-state index contributed by atoms with van der Waals surface area (Å²) in [7, 11) is 0. The number of rotatable bonds is 6. The third kappa shape index (κ3) is 4.78. The third-order valence-corrected chi connectivity index (χ3v) is 4.31. The number of anilines is 1. The Morgan fingerprint density at radius 2 is 2.00 bits per heavy atom. The number of aryl methyl sites for hydroxylation is 1. The van der Waals surface area contributed by atoms with Gasteiger partial charge in [-0.25, -0.2) is 0 Å². The van der Waals surface area contributed by atoms with Crippen LogP contribution < -0.4 is 16.4 Å². The highest BCUT2D eigenvalue weighted by atomic mass is 32.1. The fourth-order valence-electron chi connectivity index (χ4n) is 2.01. The first kappa shape index (κ1) is 17.6. The molecule has 0 aliphatic heterocycles. The molecular weight excluding hydrogens is 306 g/mol. The number of nitrogens with two attached hydrogens (primary N) is 1. The maximum absolute atomic E-state index is 11.6. The zero-order valence-electron chi connectivity index (χ0n) is 12.5. The van der Waals surface area contributed by atoms with Crippen molar-refractivity contribution in [2.75, 3.05) is 5.32 Å².